The molecule has 0 atom stereocenters. The molecule has 2 rings (SSSR count). The van der Waals surface area contributed by atoms with Gasteiger partial charge in [-0.1, -0.05) is 36.6 Å². The molecule has 0 aromatic heterocycles. The van der Waals surface area contributed by atoms with E-state index in [0.717, 1.165) is 24.1 Å². The van der Waals surface area contributed by atoms with E-state index in [2.05, 4.69) is 24.3 Å². The molecule has 3 nitrogen and oxygen atoms in total. The molecule has 0 amide bonds. The average Bonchev–Trinajstić information content (AvgIpc) is 2.39. The van der Waals surface area contributed by atoms with Crippen LogP contribution in [0.1, 0.15) is 25.3 Å². The molecule has 0 spiro atoms. The summed E-state index contributed by atoms with van der Waals surface area (Å²) in [5, 5.41) is 2.30. The van der Waals surface area contributed by atoms with Gasteiger partial charge in [0.1, 0.15) is 6.54 Å². The van der Waals surface area contributed by atoms with E-state index in [1.165, 1.54) is 0 Å². The number of hydrazine groups is 1. The van der Waals surface area contributed by atoms with E-state index in [0.29, 0.717) is 5.02 Å². The number of rotatable bonds is 2. The Hall–Kier alpha value is -1.92. The quantitative estimate of drug-likeness (QED) is 0.842. The number of benzene rings is 1. The molecule has 0 fully saturated rings. The second kappa shape index (κ2) is 6.31. The summed E-state index contributed by atoms with van der Waals surface area (Å²) < 4.78 is 0. The Bertz CT molecular complexity index is 552. The first-order valence-corrected chi connectivity index (χ1v) is 6.60. The number of nitrogens with zero attached hydrogens (tertiary/aromatic N) is 1. The maximum atomic E-state index is 11.7. The minimum atomic E-state index is 0.0366. The maximum Gasteiger partial charge on any atom is 0.179 e. The summed E-state index contributed by atoms with van der Waals surface area (Å²) in [4.78, 5) is 11.7. The number of nitrogens with one attached hydrogen (secondary N) is 1. The molecule has 1 N–H and O–H groups in total. The van der Waals surface area contributed by atoms with Crippen LogP contribution in [0.4, 0.5) is 0 Å². The van der Waals surface area contributed by atoms with Crippen molar-refractivity contribution in [2.75, 3.05) is 6.54 Å². The molecule has 0 saturated heterocycles. The summed E-state index contributed by atoms with van der Waals surface area (Å²) in [7, 11) is 0. The summed E-state index contributed by atoms with van der Waals surface area (Å²) >= 11 is 5.85. The summed E-state index contributed by atoms with van der Waals surface area (Å²) in [6, 6.07) is 10.3. The van der Waals surface area contributed by atoms with Crippen LogP contribution in [0, 0.1) is 12.0 Å². The lowest BCUT2D eigenvalue weighted by molar-refractivity contribution is -0.115. The lowest BCUT2D eigenvalue weighted by atomic mass is 10.1. The molecule has 0 unspecified atom stereocenters. The van der Waals surface area contributed by atoms with Crippen LogP contribution in [0.2, 0.25) is 5.02 Å². The molecular formula is C15H15ClN2O. The molecule has 0 bridgehead atoms. The zero-order chi connectivity index (χ0) is 13.7. The van der Waals surface area contributed by atoms with Crippen LogP contribution >= 0.6 is 11.6 Å². The summed E-state index contributed by atoms with van der Waals surface area (Å²) in [6.07, 6.45) is 3.43. The van der Waals surface area contributed by atoms with Crippen molar-refractivity contribution in [1.29, 1.82) is 0 Å². The maximum absolute atomic E-state index is 11.7. The molecule has 1 aromatic carbocycles. The van der Waals surface area contributed by atoms with Crippen LogP contribution in [0.3, 0.4) is 0 Å². The Kier molecular flexibility index (Phi) is 4.48. The highest BCUT2D eigenvalue weighted by Crippen LogP contribution is 2.17. The topological polar surface area (TPSA) is 32.3 Å². The number of carbonyl (C=O) groups excluding carboxylic acids is 1. The van der Waals surface area contributed by atoms with Crippen molar-refractivity contribution < 1.29 is 4.79 Å². The fourth-order valence-corrected chi connectivity index (χ4v) is 1.83. The zero-order valence-corrected chi connectivity index (χ0v) is 11.5. The highest BCUT2D eigenvalue weighted by molar-refractivity contribution is 6.30. The van der Waals surface area contributed by atoms with Crippen molar-refractivity contribution in [3.05, 3.63) is 40.9 Å². The molecule has 0 radical (unpaired) electrons. The van der Waals surface area contributed by atoms with Crippen LogP contribution in [0.15, 0.2) is 30.3 Å². The Morgan fingerprint density at radius 2 is 2.11 bits per heavy atom. The van der Waals surface area contributed by atoms with Crippen molar-refractivity contribution in [1.82, 2.24) is 10.4 Å². The zero-order valence-electron chi connectivity index (χ0n) is 10.7. The van der Waals surface area contributed by atoms with Gasteiger partial charge in [-0.15, -0.1) is 0 Å². The molecule has 1 aromatic rings. The standard InChI is InChI=1S/C15H15ClN2O/c1-2-3-4-9-18-11-14(19)10-15(17-18)12-5-7-13(16)8-6-12/h5-8,10,17H,2-3,11H2,1H3. The van der Waals surface area contributed by atoms with E-state index < -0.39 is 0 Å². The van der Waals surface area contributed by atoms with Crippen molar-refractivity contribution in [3.63, 3.8) is 0 Å². The van der Waals surface area contributed by atoms with Gasteiger partial charge in [-0.05, 0) is 24.1 Å². The van der Waals surface area contributed by atoms with E-state index in [1.54, 1.807) is 23.2 Å². The Morgan fingerprint density at radius 3 is 2.79 bits per heavy atom. The van der Waals surface area contributed by atoms with Crippen molar-refractivity contribution in [2.24, 2.45) is 0 Å². The van der Waals surface area contributed by atoms with Crippen LogP contribution in [0.5, 0.6) is 0 Å². The minimum absolute atomic E-state index is 0.0366. The molecule has 19 heavy (non-hydrogen) atoms. The first-order chi connectivity index (χ1) is 9.19. The smallest absolute Gasteiger partial charge is 0.179 e. The van der Waals surface area contributed by atoms with E-state index >= 15 is 0 Å². The third-order valence-electron chi connectivity index (χ3n) is 2.62. The Balaban J connectivity index is 2.15. The molecule has 4 heteroatoms. The number of hydrogen-bond acceptors (Lipinski definition) is 3. The highest BCUT2D eigenvalue weighted by Gasteiger charge is 2.16. The predicted molar refractivity (Wildman–Crippen MR) is 77.0 cm³/mol. The van der Waals surface area contributed by atoms with E-state index in [9.17, 15) is 4.79 Å². The third kappa shape index (κ3) is 3.77. The second-order valence-corrected chi connectivity index (χ2v) is 4.70. The molecular weight excluding hydrogens is 260 g/mol. The fraction of sp³-hybridized carbons (Fsp3) is 0.267. The normalized spacial score (nSPS) is 14.3. The van der Waals surface area contributed by atoms with Gasteiger partial charge in [-0.25, -0.2) is 5.01 Å². The third-order valence-corrected chi connectivity index (χ3v) is 2.87. The van der Waals surface area contributed by atoms with Crippen LogP contribution in [-0.4, -0.2) is 17.3 Å². The van der Waals surface area contributed by atoms with Gasteiger partial charge in [-0.3, -0.25) is 10.2 Å². The molecule has 0 aliphatic carbocycles. The molecule has 1 aliphatic rings. The molecule has 0 saturated carbocycles. The first-order valence-electron chi connectivity index (χ1n) is 6.22. The molecule has 1 heterocycles. The van der Waals surface area contributed by atoms with Gasteiger partial charge < -0.3 is 0 Å². The Labute approximate surface area is 118 Å². The van der Waals surface area contributed by atoms with Crippen molar-refractivity contribution in [3.8, 4) is 12.0 Å². The largest absolute Gasteiger partial charge is 0.293 e. The van der Waals surface area contributed by atoms with Gasteiger partial charge in [0.25, 0.3) is 0 Å². The van der Waals surface area contributed by atoms with Crippen LogP contribution < -0.4 is 5.43 Å². The SMILES string of the molecule is CCCC#CN1CC(=O)C=C(c2ccc(Cl)cc2)N1. The number of halogens is 1. The summed E-state index contributed by atoms with van der Waals surface area (Å²) in [5.41, 5.74) is 4.80. The van der Waals surface area contributed by atoms with Gasteiger partial charge >= 0.3 is 0 Å². The van der Waals surface area contributed by atoms with Gasteiger partial charge in [0.05, 0.1) is 5.70 Å². The van der Waals surface area contributed by atoms with E-state index in [4.69, 9.17) is 11.6 Å². The number of carbonyl (C=O) groups is 1. The lowest BCUT2D eigenvalue weighted by Crippen LogP contribution is -2.40. The summed E-state index contributed by atoms with van der Waals surface area (Å²) in [6.45, 7) is 2.34. The lowest BCUT2D eigenvalue weighted by Gasteiger charge is -2.25. The predicted octanol–water partition coefficient (Wildman–Crippen LogP) is 2.83. The van der Waals surface area contributed by atoms with Gasteiger partial charge in [0, 0.05) is 23.6 Å². The molecule has 98 valence electrons. The van der Waals surface area contributed by atoms with Gasteiger partial charge in [-0.2, -0.15) is 0 Å². The fourth-order valence-electron chi connectivity index (χ4n) is 1.70. The monoisotopic (exact) mass is 274 g/mol. The van der Waals surface area contributed by atoms with Crippen molar-refractivity contribution in [2.45, 2.75) is 19.8 Å². The van der Waals surface area contributed by atoms with E-state index in [1.807, 2.05) is 12.1 Å². The minimum Gasteiger partial charge on any atom is -0.293 e. The first kappa shape index (κ1) is 13.5. The second-order valence-electron chi connectivity index (χ2n) is 4.27. The van der Waals surface area contributed by atoms with E-state index in [-0.39, 0.29) is 12.3 Å². The number of ketones is 1. The highest BCUT2D eigenvalue weighted by atomic mass is 35.5. The average molecular weight is 275 g/mol. The van der Waals surface area contributed by atoms with Gasteiger partial charge in [0.15, 0.2) is 5.78 Å². The summed E-state index contributed by atoms with van der Waals surface area (Å²) in [5.74, 6) is 3.06. The molecule has 1 aliphatic heterocycles. The number of unbranched alkanes of at least 4 members (excludes halogenated alkanes) is 1. The van der Waals surface area contributed by atoms with Crippen LogP contribution in [-0.2, 0) is 4.79 Å². The van der Waals surface area contributed by atoms with Gasteiger partial charge in [0.2, 0.25) is 0 Å². The Morgan fingerprint density at radius 1 is 1.37 bits per heavy atom. The van der Waals surface area contributed by atoms with Crippen LogP contribution in [0.25, 0.3) is 5.70 Å². The van der Waals surface area contributed by atoms with Crippen molar-refractivity contribution >= 4 is 23.1 Å². The number of hydrogen-bond donors (Lipinski definition) is 1.